The monoisotopic (exact) mass is 364 g/mol. The van der Waals surface area contributed by atoms with Crippen molar-refractivity contribution >= 4 is 35.9 Å². The van der Waals surface area contributed by atoms with Crippen molar-refractivity contribution in [2.75, 3.05) is 7.11 Å². The number of esters is 1. The number of carbonyl (C=O) groups is 1. The Bertz CT molecular complexity index is 704. The molecule has 24 heavy (non-hydrogen) atoms. The molecule has 0 amide bonds. The number of methoxy groups -OCH3 is 1. The summed E-state index contributed by atoms with van der Waals surface area (Å²) in [6, 6.07) is 10.6. The summed E-state index contributed by atoms with van der Waals surface area (Å²) >= 11 is 12.1. The molecule has 0 spiro atoms. The average Bonchev–Trinajstić information content (AvgIpc) is 2.59. The summed E-state index contributed by atoms with van der Waals surface area (Å²) in [5.41, 5.74) is 1.71. The molecule has 1 aromatic carbocycles. The largest absolute Gasteiger partial charge is 0.469 e. The molecule has 126 valence electrons. The van der Waals surface area contributed by atoms with Gasteiger partial charge in [-0.1, -0.05) is 35.3 Å². The molecule has 6 heteroatoms. The summed E-state index contributed by atoms with van der Waals surface area (Å²) in [4.78, 5) is 20.2. The zero-order valence-electron chi connectivity index (χ0n) is 13.3. The van der Waals surface area contributed by atoms with E-state index in [1.807, 2.05) is 12.1 Å². The van der Waals surface area contributed by atoms with Crippen molar-refractivity contribution in [3.63, 3.8) is 0 Å². The quantitative estimate of drug-likeness (QED) is 0.520. The number of rotatable bonds is 7. The van der Waals surface area contributed by atoms with Crippen molar-refractivity contribution in [1.29, 1.82) is 0 Å². The zero-order chi connectivity index (χ0) is 17.5. The van der Waals surface area contributed by atoms with Crippen LogP contribution in [0.5, 0.6) is 0 Å². The average molecular weight is 365 g/mol. The highest BCUT2D eigenvalue weighted by Gasteiger charge is 2.26. The number of halogens is 2. The van der Waals surface area contributed by atoms with Crippen LogP contribution in [0.25, 0.3) is 0 Å². The molecule has 2 aromatic rings. The summed E-state index contributed by atoms with van der Waals surface area (Å²) in [6.07, 6.45) is 2.42. The topological polar surface area (TPSA) is 51.5 Å². The molecule has 1 heterocycles. The summed E-state index contributed by atoms with van der Waals surface area (Å²) in [6.45, 7) is 3.72. The Hall–Kier alpha value is -1.91. The molecule has 0 saturated carbocycles. The van der Waals surface area contributed by atoms with E-state index in [0.29, 0.717) is 16.5 Å². The number of hydrogen-bond acceptors (Lipinski definition) is 4. The van der Waals surface area contributed by atoms with E-state index in [4.69, 9.17) is 27.9 Å². The maximum atomic E-state index is 11.6. The summed E-state index contributed by atoms with van der Waals surface area (Å²) in [5.74, 6) is -0.428. The van der Waals surface area contributed by atoms with Gasteiger partial charge in [0.2, 0.25) is 0 Å². The second-order valence-electron chi connectivity index (χ2n) is 5.30. The molecular formula is C18H18Cl2N2O2. The number of hydrogen-bond donors (Lipinski definition) is 0. The molecule has 0 N–H and O–H groups in total. The first-order valence-electron chi connectivity index (χ1n) is 7.44. The van der Waals surface area contributed by atoms with Gasteiger partial charge in [0.15, 0.2) is 0 Å². The number of nitrogens with zero attached hydrogens (tertiary/aromatic N) is 2. The lowest BCUT2D eigenvalue weighted by molar-refractivity contribution is -0.140. The van der Waals surface area contributed by atoms with Gasteiger partial charge in [-0.05, 0) is 43.0 Å². The SMILES string of the molecule is C=N[C@H](c1ccc(Cl)cc1)[C@H](CCC(=O)OC)c1cc(Cl)ccn1. The zero-order valence-corrected chi connectivity index (χ0v) is 14.8. The standard InChI is InChI=1S/C18H18Cl2N2O2/c1-21-18(12-3-5-13(19)6-4-12)15(7-8-17(23)24-2)16-11-14(20)9-10-22-16/h3-6,9-11,15,18H,1,7-8H2,2H3/t15-,18-/m1/s1. The lowest BCUT2D eigenvalue weighted by atomic mass is 9.86. The Kier molecular flexibility index (Phi) is 6.76. The van der Waals surface area contributed by atoms with E-state index in [0.717, 1.165) is 11.3 Å². The predicted octanol–water partition coefficient (Wildman–Crippen LogP) is 4.87. The third-order valence-corrected chi connectivity index (χ3v) is 4.29. The van der Waals surface area contributed by atoms with Gasteiger partial charge >= 0.3 is 5.97 Å². The predicted molar refractivity (Wildman–Crippen MR) is 97.0 cm³/mol. The minimum absolute atomic E-state index is 0.151. The minimum atomic E-state index is -0.277. The molecule has 0 fully saturated rings. The highest BCUT2D eigenvalue weighted by Crippen LogP contribution is 2.37. The van der Waals surface area contributed by atoms with Gasteiger partial charge in [-0.2, -0.15) is 0 Å². The lowest BCUT2D eigenvalue weighted by Crippen LogP contribution is -2.14. The van der Waals surface area contributed by atoms with Gasteiger partial charge in [0.25, 0.3) is 0 Å². The fourth-order valence-electron chi connectivity index (χ4n) is 2.59. The van der Waals surface area contributed by atoms with Crippen LogP contribution in [-0.2, 0) is 9.53 Å². The molecule has 2 atom stereocenters. The Labute approximate surface area is 151 Å². The second kappa shape index (κ2) is 8.81. The minimum Gasteiger partial charge on any atom is -0.469 e. The molecule has 0 radical (unpaired) electrons. The molecular weight excluding hydrogens is 347 g/mol. The fraction of sp³-hybridized carbons (Fsp3) is 0.278. The first kappa shape index (κ1) is 18.4. The van der Waals surface area contributed by atoms with Gasteiger partial charge in [-0.25, -0.2) is 0 Å². The molecule has 0 aliphatic heterocycles. The number of aromatic nitrogens is 1. The molecule has 0 saturated heterocycles. The first-order valence-corrected chi connectivity index (χ1v) is 8.20. The van der Waals surface area contributed by atoms with Crippen LogP contribution < -0.4 is 0 Å². The maximum absolute atomic E-state index is 11.6. The van der Waals surface area contributed by atoms with Crippen molar-refractivity contribution < 1.29 is 9.53 Å². The van der Waals surface area contributed by atoms with Gasteiger partial charge in [0.05, 0.1) is 13.2 Å². The van der Waals surface area contributed by atoms with E-state index in [1.165, 1.54) is 7.11 Å². The molecule has 0 aliphatic rings. The summed E-state index contributed by atoms with van der Waals surface area (Å²) in [7, 11) is 1.37. The van der Waals surface area contributed by atoms with Crippen LogP contribution in [0.1, 0.15) is 36.1 Å². The number of aliphatic imine (C=N–C) groups is 1. The van der Waals surface area contributed by atoms with E-state index >= 15 is 0 Å². The smallest absolute Gasteiger partial charge is 0.305 e. The second-order valence-corrected chi connectivity index (χ2v) is 6.17. The summed E-state index contributed by atoms with van der Waals surface area (Å²) in [5, 5.41) is 1.23. The molecule has 4 nitrogen and oxygen atoms in total. The highest BCUT2D eigenvalue weighted by atomic mass is 35.5. The van der Waals surface area contributed by atoms with Crippen LogP contribution >= 0.6 is 23.2 Å². The van der Waals surface area contributed by atoms with Gasteiger partial charge in [0, 0.05) is 34.3 Å². The van der Waals surface area contributed by atoms with E-state index in [-0.39, 0.29) is 24.3 Å². The maximum Gasteiger partial charge on any atom is 0.305 e. The van der Waals surface area contributed by atoms with Crippen LogP contribution in [0.15, 0.2) is 47.6 Å². The highest BCUT2D eigenvalue weighted by molar-refractivity contribution is 6.30. The molecule has 1 aromatic heterocycles. The van der Waals surface area contributed by atoms with Crippen molar-refractivity contribution in [1.82, 2.24) is 4.98 Å². The van der Waals surface area contributed by atoms with Crippen LogP contribution in [0.3, 0.4) is 0 Å². The van der Waals surface area contributed by atoms with Crippen LogP contribution in [-0.4, -0.2) is 24.8 Å². The third kappa shape index (κ3) is 4.79. The third-order valence-electron chi connectivity index (χ3n) is 3.80. The number of pyridine rings is 1. The molecule has 0 unspecified atom stereocenters. The Balaban J connectivity index is 2.36. The fourth-order valence-corrected chi connectivity index (χ4v) is 2.89. The molecule has 0 aliphatic carbocycles. The molecule has 2 rings (SSSR count). The Morgan fingerprint density at radius 1 is 1.25 bits per heavy atom. The first-order chi connectivity index (χ1) is 11.5. The van der Waals surface area contributed by atoms with Crippen LogP contribution in [0.4, 0.5) is 0 Å². The van der Waals surface area contributed by atoms with Crippen molar-refractivity contribution in [2.45, 2.75) is 24.8 Å². The van der Waals surface area contributed by atoms with Crippen molar-refractivity contribution in [3.8, 4) is 0 Å². The van der Waals surface area contributed by atoms with E-state index in [9.17, 15) is 4.79 Å². The van der Waals surface area contributed by atoms with E-state index in [1.54, 1.807) is 30.5 Å². The summed E-state index contributed by atoms with van der Waals surface area (Å²) < 4.78 is 4.75. The lowest BCUT2D eigenvalue weighted by Gasteiger charge is -2.24. The molecule has 0 bridgehead atoms. The number of ether oxygens (including phenoxy) is 1. The number of carbonyl (C=O) groups excluding carboxylic acids is 1. The van der Waals surface area contributed by atoms with Crippen LogP contribution in [0, 0.1) is 0 Å². The Morgan fingerprint density at radius 2 is 1.96 bits per heavy atom. The van der Waals surface area contributed by atoms with Gasteiger partial charge in [0.1, 0.15) is 0 Å². The normalized spacial score (nSPS) is 13.1. The van der Waals surface area contributed by atoms with Gasteiger partial charge in [-0.15, -0.1) is 0 Å². The Morgan fingerprint density at radius 3 is 2.54 bits per heavy atom. The van der Waals surface area contributed by atoms with Crippen molar-refractivity contribution in [2.24, 2.45) is 4.99 Å². The number of benzene rings is 1. The van der Waals surface area contributed by atoms with Gasteiger partial charge < -0.3 is 4.74 Å². The van der Waals surface area contributed by atoms with Gasteiger partial charge in [-0.3, -0.25) is 14.8 Å². The van der Waals surface area contributed by atoms with E-state index in [2.05, 4.69) is 16.7 Å². The van der Waals surface area contributed by atoms with Crippen LogP contribution in [0.2, 0.25) is 10.0 Å². The van der Waals surface area contributed by atoms with Crippen molar-refractivity contribution in [3.05, 3.63) is 63.9 Å². The van der Waals surface area contributed by atoms with E-state index < -0.39 is 0 Å².